The Morgan fingerprint density at radius 1 is 1.54 bits per heavy atom. The lowest BCUT2D eigenvalue weighted by atomic mass is 10.1. The highest BCUT2D eigenvalue weighted by atomic mass is 28.3. The molecule has 1 aliphatic rings. The van der Waals surface area contributed by atoms with Gasteiger partial charge in [-0.15, -0.1) is 0 Å². The number of amides is 1. The third-order valence-electron chi connectivity index (χ3n) is 2.29. The molecule has 1 N–H and O–H groups in total. The van der Waals surface area contributed by atoms with E-state index in [0.29, 0.717) is 6.04 Å². The zero-order valence-corrected chi connectivity index (χ0v) is 9.89. The molecule has 74 valence electrons. The Kier molecular flexibility index (Phi) is 3.42. The topological polar surface area (TPSA) is 29.1 Å². The van der Waals surface area contributed by atoms with Crippen molar-refractivity contribution < 1.29 is 4.79 Å². The summed E-state index contributed by atoms with van der Waals surface area (Å²) in [5, 5.41) is 2.99. The summed E-state index contributed by atoms with van der Waals surface area (Å²) >= 11 is 0. The van der Waals surface area contributed by atoms with Gasteiger partial charge in [0.25, 0.3) is 0 Å². The van der Waals surface area contributed by atoms with Gasteiger partial charge in [-0.25, -0.2) is 0 Å². The van der Waals surface area contributed by atoms with Crippen LogP contribution >= 0.6 is 0 Å². The van der Waals surface area contributed by atoms with Gasteiger partial charge in [0, 0.05) is 6.42 Å². The van der Waals surface area contributed by atoms with Crippen LogP contribution in [-0.4, -0.2) is 20.0 Å². The van der Waals surface area contributed by atoms with E-state index in [2.05, 4.69) is 31.4 Å². The van der Waals surface area contributed by atoms with Crippen LogP contribution in [0, 0.1) is 6.42 Å². The average molecular weight is 198 g/mol. The van der Waals surface area contributed by atoms with Crippen molar-refractivity contribution in [2.75, 3.05) is 0 Å². The Morgan fingerprint density at radius 2 is 2.23 bits per heavy atom. The van der Waals surface area contributed by atoms with Crippen LogP contribution < -0.4 is 5.32 Å². The summed E-state index contributed by atoms with van der Waals surface area (Å²) in [5.41, 5.74) is 0. The lowest BCUT2D eigenvalue weighted by molar-refractivity contribution is -0.119. The van der Waals surface area contributed by atoms with E-state index in [1.54, 1.807) is 0 Å². The molecule has 1 heterocycles. The summed E-state index contributed by atoms with van der Waals surface area (Å²) in [7, 11) is -0.914. The van der Waals surface area contributed by atoms with Gasteiger partial charge in [-0.3, -0.25) is 4.79 Å². The predicted octanol–water partition coefficient (Wildman–Crippen LogP) is 2.20. The zero-order valence-electron chi connectivity index (χ0n) is 8.89. The molecule has 1 unspecified atom stereocenters. The number of carbonyl (C=O) groups excluding carboxylic acids is 1. The van der Waals surface area contributed by atoms with Crippen molar-refractivity contribution in [3.8, 4) is 0 Å². The molecule has 0 bridgehead atoms. The van der Waals surface area contributed by atoms with Crippen LogP contribution in [0.15, 0.2) is 0 Å². The van der Waals surface area contributed by atoms with Gasteiger partial charge in [0.2, 0.25) is 5.91 Å². The second-order valence-electron chi connectivity index (χ2n) is 5.09. The molecular weight excluding hydrogens is 178 g/mol. The minimum atomic E-state index is -0.914. The van der Waals surface area contributed by atoms with E-state index >= 15 is 0 Å². The van der Waals surface area contributed by atoms with Crippen molar-refractivity contribution in [2.24, 2.45) is 0 Å². The summed E-state index contributed by atoms with van der Waals surface area (Å²) in [6.45, 7) is 7.12. The number of nitrogens with one attached hydrogen (secondary N) is 1. The maximum atomic E-state index is 10.9. The van der Waals surface area contributed by atoms with Gasteiger partial charge in [0.1, 0.15) is 6.42 Å². The number of carbonyl (C=O) groups is 1. The first kappa shape index (κ1) is 10.6. The molecule has 1 saturated heterocycles. The van der Waals surface area contributed by atoms with Crippen molar-refractivity contribution in [1.29, 1.82) is 0 Å². The normalized spacial score (nSPS) is 23.0. The van der Waals surface area contributed by atoms with E-state index in [0.717, 1.165) is 19.3 Å². The first-order chi connectivity index (χ1) is 5.97. The van der Waals surface area contributed by atoms with Crippen LogP contribution in [0.2, 0.25) is 25.7 Å². The highest BCUT2D eigenvalue weighted by Gasteiger charge is 2.25. The number of rotatable bonds is 4. The Labute approximate surface area is 82.1 Å². The summed E-state index contributed by atoms with van der Waals surface area (Å²) < 4.78 is 0. The maximum absolute atomic E-state index is 10.9. The van der Waals surface area contributed by atoms with Crippen LogP contribution in [0.5, 0.6) is 0 Å². The molecule has 0 aromatic carbocycles. The fourth-order valence-electron chi connectivity index (χ4n) is 1.57. The molecule has 1 rings (SSSR count). The average Bonchev–Trinajstić information content (AvgIpc) is 2.33. The number of hydrogen-bond donors (Lipinski definition) is 1. The molecule has 0 aliphatic carbocycles. The van der Waals surface area contributed by atoms with Crippen molar-refractivity contribution in [3.63, 3.8) is 0 Å². The second-order valence-corrected chi connectivity index (χ2v) is 10.6. The Balaban J connectivity index is 2.10. The second kappa shape index (κ2) is 4.18. The van der Waals surface area contributed by atoms with Crippen molar-refractivity contribution in [1.82, 2.24) is 5.32 Å². The molecule has 2 nitrogen and oxygen atoms in total. The maximum Gasteiger partial charge on any atom is 0.220 e. The van der Waals surface area contributed by atoms with Crippen LogP contribution in [0.4, 0.5) is 0 Å². The van der Waals surface area contributed by atoms with Gasteiger partial charge in [-0.05, 0) is 6.42 Å². The van der Waals surface area contributed by atoms with Crippen LogP contribution in [0.25, 0.3) is 0 Å². The Morgan fingerprint density at radius 3 is 2.69 bits per heavy atom. The molecule has 13 heavy (non-hydrogen) atoms. The van der Waals surface area contributed by atoms with Gasteiger partial charge in [0.15, 0.2) is 0 Å². The molecule has 0 saturated carbocycles. The molecular formula is C10H20NOSi+. The third-order valence-corrected chi connectivity index (χ3v) is 3.81. The lowest BCUT2D eigenvalue weighted by Gasteiger charge is -2.10. The van der Waals surface area contributed by atoms with Gasteiger partial charge in [-0.1, -0.05) is 19.6 Å². The molecule has 0 spiro atoms. The van der Waals surface area contributed by atoms with Gasteiger partial charge >= 0.3 is 0 Å². The quantitative estimate of drug-likeness (QED) is 0.544. The first-order valence-electron chi connectivity index (χ1n) is 5.08. The number of hydrogen-bond acceptors (Lipinski definition) is 1. The van der Waals surface area contributed by atoms with Crippen LogP contribution in [0.3, 0.4) is 0 Å². The standard InChI is InChI=1S/C10H19NOSi/c1-13(2,3)8-4-5-9-6-7-10(12)11-9/h4,9H,5-8H2,1-3H3/p+1. The Bertz CT molecular complexity index is 186. The largest absolute Gasteiger partial charge is 0.349 e. The fraction of sp³-hybridized carbons (Fsp3) is 0.800. The molecule has 0 aromatic rings. The highest BCUT2D eigenvalue weighted by molar-refractivity contribution is 6.76. The summed E-state index contributed by atoms with van der Waals surface area (Å²) in [6, 6.07) is 1.70. The van der Waals surface area contributed by atoms with Gasteiger partial charge < -0.3 is 5.32 Å². The zero-order chi connectivity index (χ0) is 9.90. The van der Waals surface area contributed by atoms with Gasteiger partial charge in [-0.2, -0.15) is 0 Å². The highest BCUT2D eigenvalue weighted by Crippen LogP contribution is 2.17. The van der Waals surface area contributed by atoms with E-state index in [1.807, 2.05) is 0 Å². The van der Waals surface area contributed by atoms with Crippen LogP contribution in [-0.2, 0) is 4.79 Å². The van der Waals surface area contributed by atoms with Crippen molar-refractivity contribution >= 4 is 14.0 Å². The first-order valence-corrected chi connectivity index (χ1v) is 8.79. The van der Waals surface area contributed by atoms with E-state index < -0.39 is 8.07 Å². The minimum absolute atomic E-state index is 0.228. The summed E-state index contributed by atoms with van der Waals surface area (Å²) in [4.78, 5) is 10.9. The van der Waals surface area contributed by atoms with E-state index in [9.17, 15) is 4.79 Å². The molecule has 0 aromatic heterocycles. The summed E-state index contributed by atoms with van der Waals surface area (Å²) in [6.07, 6.45) is 5.19. The molecule has 0 radical (unpaired) electrons. The minimum Gasteiger partial charge on any atom is -0.349 e. The molecule has 1 aliphatic heterocycles. The molecule has 1 atom stereocenters. The van der Waals surface area contributed by atoms with Crippen LogP contribution in [0.1, 0.15) is 19.3 Å². The SMILES string of the molecule is C[Si](C)(C)C[CH+]CC1CCC(=O)N1. The van der Waals surface area contributed by atoms with E-state index in [-0.39, 0.29) is 5.91 Å². The molecule has 3 heteroatoms. The molecule has 1 fully saturated rings. The predicted molar refractivity (Wildman–Crippen MR) is 58.2 cm³/mol. The van der Waals surface area contributed by atoms with E-state index in [4.69, 9.17) is 0 Å². The van der Waals surface area contributed by atoms with Crippen molar-refractivity contribution in [3.05, 3.63) is 6.42 Å². The monoisotopic (exact) mass is 198 g/mol. The molecule has 1 amide bonds. The smallest absolute Gasteiger partial charge is 0.220 e. The summed E-state index contributed by atoms with van der Waals surface area (Å²) in [5.74, 6) is 0.228. The van der Waals surface area contributed by atoms with Crippen molar-refractivity contribution in [2.45, 2.75) is 51.0 Å². The van der Waals surface area contributed by atoms with E-state index in [1.165, 1.54) is 6.04 Å². The van der Waals surface area contributed by atoms with Gasteiger partial charge in [0.05, 0.1) is 26.6 Å². The lowest BCUT2D eigenvalue weighted by Crippen LogP contribution is -2.26. The third kappa shape index (κ3) is 4.36. The Hall–Kier alpha value is -0.443. The fourth-order valence-corrected chi connectivity index (χ4v) is 2.60.